The van der Waals surface area contributed by atoms with Gasteiger partial charge in [-0.2, -0.15) is 4.37 Å². The largest absolute Gasteiger partial charge is 0.395 e. The second kappa shape index (κ2) is 5.75. The molecule has 0 saturated carbocycles. The van der Waals surface area contributed by atoms with Crippen LogP contribution in [0.3, 0.4) is 0 Å². The van der Waals surface area contributed by atoms with Gasteiger partial charge in [-0.25, -0.2) is 4.98 Å². The van der Waals surface area contributed by atoms with Crippen LogP contribution in [0.15, 0.2) is 0 Å². The van der Waals surface area contributed by atoms with Gasteiger partial charge in [0.2, 0.25) is 5.13 Å². The second-order valence-electron chi connectivity index (χ2n) is 4.69. The minimum atomic E-state index is 0.241. The first-order chi connectivity index (χ1) is 8.20. The Labute approximate surface area is 106 Å². The van der Waals surface area contributed by atoms with Crippen molar-refractivity contribution in [1.82, 2.24) is 14.3 Å². The van der Waals surface area contributed by atoms with Crippen LogP contribution >= 0.6 is 11.5 Å². The van der Waals surface area contributed by atoms with Gasteiger partial charge in [0.15, 0.2) is 5.82 Å². The minimum absolute atomic E-state index is 0.241. The Balaban J connectivity index is 1.98. The molecule has 6 heteroatoms. The quantitative estimate of drug-likeness (QED) is 0.869. The van der Waals surface area contributed by atoms with Crippen LogP contribution in [0.25, 0.3) is 0 Å². The molecule has 1 unspecified atom stereocenters. The van der Waals surface area contributed by atoms with Crippen LogP contribution in [-0.4, -0.2) is 52.7 Å². The molecular formula is C11H20N4OS. The Morgan fingerprint density at radius 3 is 2.94 bits per heavy atom. The molecule has 0 bridgehead atoms. The highest BCUT2D eigenvalue weighted by atomic mass is 32.1. The summed E-state index contributed by atoms with van der Waals surface area (Å²) in [5.41, 5.74) is 0. The third-order valence-electron chi connectivity index (χ3n) is 3.14. The van der Waals surface area contributed by atoms with Gasteiger partial charge in [0.25, 0.3) is 0 Å². The molecule has 1 atom stereocenters. The SMILES string of the molecule is CN(C)c1nc(CN2CCCCC2CO)ns1. The van der Waals surface area contributed by atoms with E-state index < -0.39 is 0 Å². The van der Waals surface area contributed by atoms with E-state index in [1.807, 2.05) is 19.0 Å². The molecule has 0 radical (unpaired) electrons. The number of aromatic nitrogens is 2. The highest BCUT2D eigenvalue weighted by Gasteiger charge is 2.22. The van der Waals surface area contributed by atoms with E-state index >= 15 is 0 Å². The third-order valence-corrected chi connectivity index (χ3v) is 4.07. The Morgan fingerprint density at radius 1 is 1.47 bits per heavy atom. The lowest BCUT2D eigenvalue weighted by atomic mass is 10.0. The fourth-order valence-corrected chi connectivity index (χ4v) is 2.74. The summed E-state index contributed by atoms with van der Waals surface area (Å²) in [7, 11) is 3.95. The first kappa shape index (κ1) is 12.7. The average molecular weight is 256 g/mol. The molecule has 0 spiro atoms. The standard InChI is InChI=1S/C11H20N4OS/c1-14(2)11-12-10(13-17-11)7-15-6-4-3-5-9(15)8-16/h9,16H,3-8H2,1-2H3. The predicted octanol–water partition coefficient (Wildman–Crippen LogP) is 0.951. The van der Waals surface area contributed by atoms with Crippen molar-refractivity contribution in [2.45, 2.75) is 31.8 Å². The van der Waals surface area contributed by atoms with Gasteiger partial charge in [0.05, 0.1) is 13.2 Å². The summed E-state index contributed by atoms with van der Waals surface area (Å²) < 4.78 is 4.37. The van der Waals surface area contributed by atoms with E-state index in [0.29, 0.717) is 0 Å². The third kappa shape index (κ3) is 3.14. The summed E-state index contributed by atoms with van der Waals surface area (Å²) in [6.07, 6.45) is 3.51. The molecule has 1 fully saturated rings. The summed E-state index contributed by atoms with van der Waals surface area (Å²) in [6.45, 7) is 2.04. The second-order valence-corrected chi connectivity index (χ2v) is 5.42. The number of hydrogen-bond acceptors (Lipinski definition) is 6. The van der Waals surface area contributed by atoms with Crippen LogP contribution in [0.1, 0.15) is 25.1 Å². The number of rotatable bonds is 4. The Morgan fingerprint density at radius 2 is 2.29 bits per heavy atom. The molecule has 1 aliphatic heterocycles. The molecule has 2 heterocycles. The maximum Gasteiger partial charge on any atom is 0.204 e. The summed E-state index contributed by atoms with van der Waals surface area (Å²) >= 11 is 1.43. The van der Waals surface area contributed by atoms with Crippen LogP contribution in [0.5, 0.6) is 0 Å². The zero-order valence-corrected chi connectivity index (χ0v) is 11.3. The summed E-state index contributed by atoms with van der Waals surface area (Å²) in [5.74, 6) is 0.874. The Kier molecular flexibility index (Phi) is 4.31. The van der Waals surface area contributed by atoms with Crippen LogP contribution < -0.4 is 4.90 Å². The molecule has 17 heavy (non-hydrogen) atoms. The molecule has 1 N–H and O–H groups in total. The summed E-state index contributed by atoms with van der Waals surface area (Å²) in [4.78, 5) is 8.75. The van der Waals surface area contributed by atoms with Gasteiger partial charge in [0.1, 0.15) is 0 Å². The maximum absolute atomic E-state index is 9.34. The van der Waals surface area contributed by atoms with Gasteiger partial charge in [-0.15, -0.1) is 0 Å². The number of hydrogen-bond donors (Lipinski definition) is 1. The van der Waals surface area contributed by atoms with Crippen molar-refractivity contribution < 1.29 is 5.11 Å². The molecule has 1 saturated heterocycles. The van der Waals surface area contributed by atoms with E-state index in [1.165, 1.54) is 24.4 Å². The van der Waals surface area contributed by atoms with Crippen molar-refractivity contribution in [2.75, 3.05) is 32.1 Å². The minimum Gasteiger partial charge on any atom is -0.395 e. The Hall–Kier alpha value is -0.720. The van der Waals surface area contributed by atoms with E-state index in [4.69, 9.17) is 0 Å². The molecule has 0 aliphatic carbocycles. The lowest BCUT2D eigenvalue weighted by Crippen LogP contribution is -2.41. The smallest absolute Gasteiger partial charge is 0.204 e. The van der Waals surface area contributed by atoms with Crippen molar-refractivity contribution in [3.63, 3.8) is 0 Å². The zero-order valence-electron chi connectivity index (χ0n) is 10.5. The van der Waals surface area contributed by atoms with Gasteiger partial charge >= 0.3 is 0 Å². The van der Waals surface area contributed by atoms with Gasteiger partial charge in [0, 0.05) is 31.7 Å². The van der Waals surface area contributed by atoms with E-state index in [-0.39, 0.29) is 12.6 Å². The normalized spacial score (nSPS) is 21.7. The number of aliphatic hydroxyl groups excluding tert-OH is 1. The van der Waals surface area contributed by atoms with E-state index in [1.54, 1.807) is 0 Å². The molecule has 0 aromatic carbocycles. The van der Waals surface area contributed by atoms with E-state index in [0.717, 1.165) is 30.5 Å². The summed E-state index contributed by atoms with van der Waals surface area (Å²) in [6, 6.07) is 0.287. The van der Waals surface area contributed by atoms with E-state index in [9.17, 15) is 5.11 Å². The number of aliphatic hydroxyl groups is 1. The number of nitrogens with zero attached hydrogens (tertiary/aromatic N) is 4. The molecule has 1 aromatic rings. The molecule has 1 aromatic heterocycles. The van der Waals surface area contributed by atoms with Crippen molar-refractivity contribution in [2.24, 2.45) is 0 Å². The maximum atomic E-state index is 9.34. The van der Waals surface area contributed by atoms with Crippen LogP contribution in [0.4, 0.5) is 5.13 Å². The fraction of sp³-hybridized carbons (Fsp3) is 0.818. The van der Waals surface area contributed by atoms with E-state index in [2.05, 4.69) is 14.3 Å². The molecule has 0 amide bonds. The van der Waals surface area contributed by atoms with Gasteiger partial charge in [-0.3, -0.25) is 4.90 Å². The molecular weight excluding hydrogens is 236 g/mol. The highest BCUT2D eigenvalue weighted by molar-refractivity contribution is 7.09. The predicted molar refractivity (Wildman–Crippen MR) is 69.4 cm³/mol. The first-order valence-corrected chi connectivity index (χ1v) is 6.83. The monoisotopic (exact) mass is 256 g/mol. The zero-order chi connectivity index (χ0) is 12.3. The summed E-state index contributed by atoms with van der Waals surface area (Å²) in [5, 5.41) is 10.3. The van der Waals surface area contributed by atoms with Crippen LogP contribution in [-0.2, 0) is 6.54 Å². The van der Waals surface area contributed by atoms with Gasteiger partial charge < -0.3 is 10.0 Å². The van der Waals surface area contributed by atoms with Crippen molar-refractivity contribution in [1.29, 1.82) is 0 Å². The highest BCUT2D eigenvalue weighted by Crippen LogP contribution is 2.20. The molecule has 1 aliphatic rings. The van der Waals surface area contributed by atoms with Crippen molar-refractivity contribution in [3.05, 3.63) is 5.82 Å². The molecule has 2 rings (SSSR count). The van der Waals surface area contributed by atoms with Crippen molar-refractivity contribution in [3.8, 4) is 0 Å². The number of anilines is 1. The van der Waals surface area contributed by atoms with Crippen LogP contribution in [0.2, 0.25) is 0 Å². The lowest BCUT2D eigenvalue weighted by molar-refractivity contribution is 0.0822. The molecule has 96 valence electrons. The van der Waals surface area contributed by atoms with Crippen LogP contribution in [0, 0.1) is 0 Å². The van der Waals surface area contributed by atoms with Gasteiger partial charge in [-0.05, 0) is 19.4 Å². The van der Waals surface area contributed by atoms with Gasteiger partial charge in [-0.1, -0.05) is 6.42 Å². The topological polar surface area (TPSA) is 52.5 Å². The van der Waals surface area contributed by atoms with Crippen molar-refractivity contribution >= 4 is 16.7 Å². The number of piperidine rings is 1. The number of likely N-dealkylation sites (tertiary alicyclic amines) is 1. The average Bonchev–Trinajstić information content (AvgIpc) is 2.78. The first-order valence-electron chi connectivity index (χ1n) is 6.05. The molecule has 5 nitrogen and oxygen atoms in total. The Bertz CT molecular complexity index is 355. The lowest BCUT2D eigenvalue weighted by Gasteiger charge is -2.33. The fourth-order valence-electron chi connectivity index (χ4n) is 2.15.